The molecule has 1 N–H and O–H groups in total. The summed E-state index contributed by atoms with van der Waals surface area (Å²) < 4.78 is 65.5. The van der Waals surface area contributed by atoms with E-state index in [1.807, 2.05) is 0 Å². The lowest BCUT2D eigenvalue weighted by Crippen LogP contribution is -2.48. The second-order valence-electron chi connectivity index (χ2n) is 5.87. The number of nitrogens with one attached hydrogen (secondary N) is 1. The van der Waals surface area contributed by atoms with Gasteiger partial charge in [-0.2, -0.15) is 17.9 Å². The van der Waals surface area contributed by atoms with Crippen molar-refractivity contribution in [2.24, 2.45) is 0 Å². The number of piperidine rings is 1. The lowest BCUT2D eigenvalue weighted by atomic mass is 10.1. The maximum Gasteiger partial charge on any atom is 0.417 e. The lowest BCUT2D eigenvalue weighted by molar-refractivity contribution is -0.137. The number of likely N-dealkylation sites (tertiary alicyclic amines) is 1. The standard InChI is InChI=1S/C15H18ClF3N2O3S/c1-10(14(22)21-7-3-2-4-8-21)20-25(23,24)11-5-6-13(16)12(9-11)15(17,18)19/h5-6,9-10,20H,2-4,7-8H2,1H3/t10-/m0/s1. The zero-order valence-corrected chi connectivity index (χ0v) is 15.0. The molecule has 1 atom stereocenters. The highest BCUT2D eigenvalue weighted by Gasteiger charge is 2.35. The summed E-state index contributed by atoms with van der Waals surface area (Å²) in [5.74, 6) is -0.395. The van der Waals surface area contributed by atoms with Gasteiger partial charge >= 0.3 is 6.18 Å². The molecule has 0 aliphatic carbocycles. The van der Waals surface area contributed by atoms with Gasteiger partial charge in [-0.15, -0.1) is 0 Å². The third-order valence-corrected chi connectivity index (χ3v) is 5.79. The zero-order valence-electron chi connectivity index (χ0n) is 13.4. The maximum atomic E-state index is 12.9. The fourth-order valence-electron chi connectivity index (χ4n) is 2.63. The minimum absolute atomic E-state index is 0.395. The van der Waals surface area contributed by atoms with Gasteiger partial charge in [-0.1, -0.05) is 11.6 Å². The molecule has 0 saturated carbocycles. The van der Waals surface area contributed by atoms with Crippen molar-refractivity contribution in [3.05, 3.63) is 28.8 Å². The Labute approximate surface area is 149 Å². The molecule has 1 aromatic carbocycles. The van der Waals surface area contributed by atoms with E-state index in [2.05, 4.69) is 4.72 Å². The molecule has 2 rings (SSSR count). The average molecular weight is 399 g/mol. The van der Waals surface area contributed by atoms with E-state index in [0.717, 1.165) is 31.4 Å². The molecule has 140 valence electrons. The molecule has 0 bridgehead atoms. The van der Waals surface area contributed by atoms with E-state index >= 15 is 0 Å². The SMILES string of the molecule is C[C@H](NS(=O)(=O)c1ccc(Cl)c(C(F)(F)F)c1)C(=O)N1CCCCC1. The van der Waals surface area contributed by atoms with Crippen molar-refractivity contribution < 1.29 is 26.4 Å². The summed E-state index contributed by atoms with van der Waals surface area (Å²) in [7, 11) is -4.30. The highest BCUT2D eigenvalue weighted by molar-refractivity contribution is 7.89. The van der Waals surface area contributed by atoms with Gasteiger partial charge in [-0.3, -0.25) is 4.79 Å². The van der Waals surface area contributed by atoms with Crippen LogP contribution < -0.4 is 4.72 Å². The lowest BCUT2D eigenvalue weighted by Gasteiger charge is -2.29. The van der Waals surface area contributed by atoms with Gasteiger partial charge in [-0.25, -0.2) is 8.42 Å². The second-order valence-corrected chi connectivity index (χ2v) is 7.99. The minimum Gasteiger partial charge on any atom is -0.341 e. The highest BCUT2D eigenvalue weighted by atomic mass is 35.5. The summed E-state index contributed by atoms with van der Waals surface area (Å²) in [6.07, 6.45) is -2.08. The number of hydrogen-bond acceptors (Lipinski definition) is 3. The van der Waals surface area contributed by atoms with E-state index in [1.54, 1.807) is 4.90 Å². The number of sulfonamides is 1. The van der Waals surface area contributed by atoms with Gasteiger partial charge in [0.25, 0.3) is 0 Å². The van der Waals surface area contributed by atoms with E-state index in [4.69, 9.17) is 11.6 Å². The summed E-state index contributed by atoms with van der Waals surface area (Å²) in [6, 6.07) is 1.23. The number of rotatable bonds is 4. The zero-order chi connectivity index (χ0) is 18.8. The summed E-state index contributed by atoms with van der Waals surface area (Å²) in [6.45, 7) is 2.46. The molecule has 1 aliphatic rings. The fraction of sp³-hybridized carbons (Fsp3) is 0.533. The van der Waals surface area contributed by atoms with Crippen LogP contribution in [0.5, 0.6) is 0 Å². The topological polar surface area (TPSA) is 66.5 Å². The number of carbonyl (C=O) groups is 1. The first-order valence-electron chi connectivity index (χ1n) is 7.70. The molecular weight excluding hydrogens is 381 g/mol. The first-order valence-corrected chi connectivity index (χ1v) is 9.56. The Balaban J connectivity index is 2.19. The molecule has 5 nitrogen and oxygen atoms in total. The fourth-order valence-corrected chi connectivity index (χ4v) is 4.08. The Kier molecular flexibility index (Phi) is 6.01. The molecule has 1 fully saturated rings. The molecule has 1 saturated heterocycles. The van der Waals surface area contributed by atoms with Gasteiger partial charge < -0.3 is 4.90 Å². The van der Waals surface area contributed by atoms with Crippen molar-refractivity contribution in [2.75, 3.05) is 13.1 Å². The predicted octanol–water partition coefficient (Wildman–Crippen LogP) is 3.04. The van der Waals surface area contributed by atoms with Crippen LogP contribution in [0.15, 0.2) is 23.1 Å². The monoisotopic (exact) mass is 398 g/mol. The van der Waals surface area contributed by atoms with Gasteiger partial charge in [0, 0.05) is 13.1 Å². The first-order chi connectivity index (χ1) is 11.5. The van der Waals surface area contributed by atoms with E-state index in [1.165, 1.54) is 6.92 Å². The molecule has 25 heavy (non-hydrogen) atoms. The molecule has 0 unspecified atom stereocenters. The van der Waals surface area contributed by atoms with Crippen molar-refractivity contribution in [1.29, 1.82) is 0 Å². The van der Waals surface area contributed by atoms with Gasteiger partial charge in [-0.05, 0) is 44.4 Å². The van der Waals surface area contributed by atoms with Crippen LogP contribution in [0.1, 0.15) is 31.7 Å². The number of amides is 1. The molecule has 10 heteroatoms. The number of halogens is 4. The van der Waals surface area contributed by atoms with Crippen molar-refractivity contribution in [1.82, 2.24) is 9.62 Å². The Bertz CT molecular complexity index is 747. The summed E-state index contributed by atoms with van der Waals surface area (Å²) in [5.41, 5.74) is -1.24. The van der Waals surface area contributed by atoms with Crippen LogP contribution in [0.25, 0.3) is 0 Å². The summed E-state index contributed by atoms with van der Waals surface area (Å²) >= 11 is 5.49. The van der Waals surface area contributed by atoms with Gasteiger partial charge in [0.2, 0.25) is 15.9 Å². The molecule has 1 amide bonds. The molecule has 1 aromatic rings. The van der Waals surface area contributed by atoms with Crippen molar-refractivity contribution >= 4 is 27.5 Å². The second kappa shape index (κ2) is 7.51. The number of alkyl halides is 3. The van der Waals surface area contributed by atoms with Crippen LogP contribution in [-0.4, -0.2) is 38.4 Å². The molecule has 0 spiro atoms. The molecule has 0 aromatic heterocycles. The third-order valence-electron chi connectivity index (χ3n) is 3.92. The number of nitrogens with zero attached hydrogens (tertiary/aromatic N) is 1. The Hall–Kier alpha value is -1.32. The van der Waals surface area contributed by atoms with Crippen LogP contribution in [0.2, 0.25) is 5.02 Å². The van der Waals surface area contributed by atoms with E-state index in [9.17, 15) is 26.4 Å². The normalized spacial score (nSPS) is 17.4. The van der Waals surface area contributed by atoms with Crippen LogP contribution in [-0.2, 0) is 21.0 Å². The van der Waals surface area contributed by atoms with E-state index < -0.39 is 43.6 Å². The first kappa shape index (κ1) is 20.0. The molecule has 1 heterocycles. The number of carbonyl (C=O) groups excluding carboxylic acids is 1. The number of benzene rings is 1. The molecule has 1 aliphatic heterocycles. The van der Waals surface area contributed by atoms with Crippen LogP contribution >= 0.6 is 11.6 Å². The smallest absolute Gasteiger partial charge is 0.341 e. The summed E-state index contributed by atoms with van der Waals surface area (Å²) in [4.78, 5) is 13.2. The highest BCUT2D eigenvalue weighted by Crippen LogP contribution is 2.35. The van der Waals surface area contributed by atoms with Crippen molar-refractivity contribution in [2.45, 2.75) is 43.3 Å². The van der Waals surface area contributed by atoms with Crippen molar-refractivity contribution in [3.8, 4) is 0 Å². The number of hydrogen-bond donors (Lipinski definition) is 1. The average Bonchev–Trinajstić information content (AvgIpc) is 2.53. The Morgan fingerprint density at radius 3 is 2.40 bits per heavy atom. The maximum absolute atomic E-state index is 12.9. The summed E-state index contributed by atoms with van der Waals surface area (Å²) in [5, 5.41) is -0.594. The van der Waals surface area contributed by atoms with Crippen LogP contribution in [0.3, 0.4) is 0 Å². The third kappa shape index (κ3) is 4.86. The molecule has 0 radical (unpaired) electrons. The van der Waals surface area contributed by atoms with Crippen LogP contribution in [0.4, 0.5) is 13.2 Å². The van der Waals surface area contributed by atoms with E-state index in [-0.39, 0.29) is 0 Å². The van der Waals surface area contributed by atoms with Gasteiger partial charge in [0.15, 0.2) is 0 Å². The van der Waals surface area contributed by atoms with Gasteiger partial charge in [0.1, 0.15) is 0 Å². The Morgan fingerprint density at radius 2 is 1.84 bits per heavy atom. The van der Waals surface area contributed by atoms with Gasteiger partial charge in [0.05, 0.1) is 21.5 Å². The largest absolute Gasteiger partial charge is 0.417 e. The quantitative estimate of drug-likeness (QED) is 0.847. The minimum atomic E-state index is -4.78. The molecular formula is C15H18ClF3N2O3S. The Morgan fingerprint density at radius 1 is 1.24 bits per heavy atom. The van der Waals surface area contributed by atoms with Crippen LogP contribution in [0, 0.1) is 0 Å². The predicted molar refractivity (Wildman–Crippen MR) is 86.7 cm³/mol. The van der Waals surface area contributed by atoms with Crippen molar-refractivity contribution in [3.63, 3.8) is 0 Å². The van der Waals surface area contributed by atoms with E-state index in [0.29, 0.717) is 19.2 Å².